The highest BCUT2D eigenvalue weighted by Crippen LogP contribution is 2.45. The molecule has 16 rings (SSSR count). The number of aryl methyl sites for hydroxylation is 6. The molecule has 2 amide bonds. The summed E-state index contributed by atoms with van der Waals surface area (Å²) in [4.78, 5) is 45.9. The Morgan fingerprint density at radius 1 is 0.493 bits per heavy atom. The molecule has 3 atom stereocenters. The Morgan fingerprint density at radius 2 is 0.851 bits per heavy atom. The Labute approximate surface area is 782 Å². The molecule has 7 aliphatic rings. The van der Waals surface area contributed by atoms with Crippen LogP contribution >= 0.6 is 15.9 Å². The van der Waals surface area contributed by atoms with Gasteiger partial charge in [0.25, 0.3) is 0 Å². The molecule has 134 heavy (non-hydrogen) atoms. The topological polar surface area (TPSA) is 381 Å². The molecule has 720 valence electrons. The van der Waals surface area contributed by atoms with Gasteiger partial charge in [0.15, 0.2) is 0 Å². The summed E-state index contributed by atoms with van der Waals surface area (Å²) in [7, 11) is -0.314. The molecule has 31 nitrogen and oxygen atoms in total. The Morgan fingerprint density at radius 3 is 1.18 bits per heavy atom. The van der Waals surface area contributed by atoms with Crippen LogP contribution in [-0.4, -0.2) is 225 Å². The molecule has 1 fully saturated rings. The van der Waals surface area contributed by atoms with Gasteiger partial charge in [-0.3, -0.25) is 0 Å². The van der Waals surface area contributed by atoms with Crippen LogP contribution in [0.5, 0.6) is 17.2 Å². The van der Waals surface area contributed by atoms with Crippen LogP contribution in [0.3, 0.4) is 0 Å². The molecule has 0 aliphatic carbocycles. The molecule has 1 saturated heterocycles. The average Bonchev–Trinajstić information content (AvgIpc) is 1.61. The molecule has 10 heterocycles. The van der Waals surface area contributed by atoms with E-state index < -0.39 is 35.5 Å². The largest absolute Gasteiger partial charge is 0.491 e. The van der Waals surface area contributed by atoms with Gasteiger partial charge in [-0.15, -0.1) is 15.3 Å². The number of nitrogens with one attached hydrogen (secondary N) is 4. The molecule has 0 spiro atoms. The first-order valence-corrected chi connectivity index (χ1v) is 45.0. The number of rotatable bonds is 18. The van der Waals surface area contributed by atoms with E-state index in [0.29, 0.717) is 31.9 Å². The fourth-order valence-electron chi connectivity index (χ4n) is 15.7. The number of ether oxygens (including phenoxy) is 5. The van der Waals surface area contributed by atoms with Crippen molar-refractivity contribution in [3.63, 3.8) is 0 Å². The number of fused-ring (bicyclic) bond motifs is 9. The zero-order valence-electron chi connectivity index (χ0n) is 77.3. The van der Waals surface area contributed by atoms with Gasteiger partial charge < -0.3 is 89.6 Å². The minimum Gasteiger partial charge on any atom is -0.491 e. The number of halogens is 7. The number of aliphatic hydroxyl groups excluding tert-OH is 3. The van der Waals surface area contributed by atoms with Crippen LogP contribution in [0.15, 0.2) is 156 Å². The maximum absolute atomic E-state index is 12.5. The molecular weight excluding hydrogens is 1810 g/mol. The van der Waals surface area contributed by atoms with Crippen LogP contribution in [0.1, 0.15) is 171 Å². The number of aliphatic carboxylic acids is 2. The van der Waals surface area contributed by atoms with Crippen molar-refractivity contribution in [2.24, 2.45) is 0 Å². The number of amides is 2. The lowest BCUT2D eigenvalue weighted by Gasteiger charge is -2.32. The minimum atomic E-state index is -5.08. The van der Waals surface area contributed by atoms with Gasteiger partial charge in [0, 0.05) is 109 Å². The molecule has 9 aromatic rings. The highest BCUT2D eigenvalue weighted by molar-refractivity contribution is 9.10. The highest BCUT2D eigenvalue weighted by atomic mass is 79.9. The average molecular weight is 1930 g/mol. The van der Waals surface area contributed by atoms with E-state index in [9.17, 15) is 35.9 Å². The molecule has 0 radical (unpaired) electrons. The summed E-state index contributed by atoms with van der Waals surface area (Å²) in [5.74, 6) is -3.31. The number of carbonyl (C=O) groups excluding carboxylic acids is 2. The number of carboxylic acids is 2. The van der Waals surface area contributed by atoms with Crippen LogP contribution in [0.25, 0.3) is 44.9 Å². The number of carboxylic acid groups (broad SMARTS) is 2. The minimum absolute atomic E-state index is 0.000530. The summed E-state index contributed by atoms with van der Waals surface area (Å²) in [6, 6.07) is 43.7. The van der Waals surface area contributed by atoms with Gasteiger partial charge in [0.1, 0.15) is 48.3 Å². The molecule has 3 unspecified atom stereocenters. The molecule has 7 aliphatic heterocycles. The third-order valence-corrected chi connectivity index (χ3v) is 23.3. The summed E-state index contributed by atoms with van der Waals surface area (Å²) < 4.78 is 110. The van der Waals surface area contributed by atoms with Crippen molar-refractivity contribution in [1.29, 1.82) is 0 Å². The van der Waals surface area contributed by atoms with Crippen LogP contribution in [0, 0.1) is 20.8 Å². The summed E-state index contributed by atoms with van der Waals surface area (Å²) in [5, 5.41) is 81.9. The first kappa shape index (κ1) is 103. The number of nitrogens with zero attached hydrogens (tertiary/aromatic N) is 11. The van der Waals surface area contributed by atoms with Crippen molar-refractivity contribution >= 4 is 75.4 Å². The van der Waals surface area contributed by atoms with Gasteiger partial charge in [-0.1, -0.05) is 98.3 Å². The van der Waals surface area contributed by atoms with Crippen LogP contribution in [0.2, 0.25) is 0 Å². The molecular formula is C95H117BBrF6N15O16. The number of aromatic nitrogens is 9. The number of aliphatic hydroxyl groups is 3. The quantitative estimate of drug-likeness (QED) is 0.0284. The second-order valence-corrected chi connectivity index (χ2v) is 36.5. The van der Waals surface area contributed by atoms with Gasteiger partial charge in [-0.25, -0.2) is 33.2 Å². The maximum Gasteiger partial charge on any atom is 0.490 e. The summed E-state index contributed by atoms with van der Waals surface area (Å²) in [5.41, 5.74) is 20.7. The number of anilines is 3. The monoisotopic (exact) mass is 1930 g/mol. The Kier molecular flexibility index (Phi) is 34.5. The molecule has 9 N–H and O–H groups in total. The van der Waals surface area contributed by atoms with E-state index in [4.69, 9.17) is 68.1 Å². The molecule has 0 saturated carbocycles. The summed E-state index contributed by atoms with van der Waals surface area (Å²) in [6.45, 7) is 32.9. The van der Waals surface area contributed by atoms with E-state index in [2.05, 4.69) is 141 Å². The second-order valence-electron chi connectivity index (χ2n) is 35.6. The fraction of sp³-hybridized carbons (Fsp3) is 0.453. The lowest BCUT2D eigenvalue weighted by Crippen LogP contribution is -2.41. The molecule has 0 bridgehead atoms. The SMILES string of the molecule is CC(C)(C)OC(=O)N1CC=C(B2OC(C)(C)C(C)(C)O2)CC1.Cc1nnn2c1-c1ccc(Br)cc1C(Nc1cccc(OCCO)c1)CC2.Cc1nnn2c1-c1ccc(C3=CCN(C(=O)OC(C)(C)C)CC3)cc1C(Nc1cccc(OCCO)c1)CC2.Cc1nnn2c1-c1ccc(C3=CCNCC3)cc1C(Nc1cccc(OCCO)c1)CC2.O=C(O)C(F)(F)F.O=C(O)C(F)(F)F. The van der Waals surface area contributed by atoms with E-state index in [-0.39, 0.29) is 88.3 Å². The number of alkyl halides is 6. The third kappa shape index (κ3) is 27.7. The van der Waals surface area contributed by atoms with Gasteiger partial charge in [-0.2, -0.15) is 26.3 Å². The highest BCUT2D eigenvalue weighted by Gasteiger charge is 2.53. The zero-order valence-corrected chi connectivity index (χ0v) is 78.9. The third-order valence-electron chi connectivity index (χ3n) is 22.8. The fourth-order valence-corrected chi connectivity index (χ4v) is 16.1. The van der Waals surface area contributed by atoms with Gasteiger partial charge in [0.2, 0.25) is 0 Å². The zero-order chi connectivity index (χ0) is 97.2. The van der Waals surface area contributed by atoms with E-state index in [1.165, 1.54) is 39.0 Å². The first-order chi connectivity index (χ1) is 63.4. The van der Waals surface area contributed by atoms with Gasteiger partial charge in [-0.05, 0) is 240 Å². The Hall–Kier alpha value is -11.9. The van der Waals surface area contributed by atoms with Gasteiger partial charge in [0.05, 0.1) is 83.3 Å². The van der Waals surface area contributed by atoms with Crippen LogP contribution in [-0.2, 0) is 48.0 Å². The normalized spacial score (nSPS) is 17.5. The smallest absolute Gasteiger partial charge is 0.490 e. The van der Waals surface area contributed by atoms with Crippen molar-refractivity contribution in [1.82, 2.24) is 60.1 Å². The number of benzene rings is 6. The molecule has 3 aromatic heterocycles. The Bertz CT molecular complexity index is 5630. The number of carbonyl (C=O) groups is 4. The van der Waals surface area contributed by atoms with Crippen molar-refractivity contribution in [3.8, 4) is 51.0 Å². The van der Waals surface area contributed by atoms with E-state index >= 15 is 0 Å². The van der Waals surface area contributed by atoms with Crippen molar-refractivity contribution in [2.75, 3.05) is 94.9 Å². The lowest BCUT2D eigenvalue weighted by molar-refractivity contribution is -0.193. The van der Waals surface area contributed by atoms with Crippen molar-refractivity contribution in [3.05, 3.63) is 200 Å². The standard InChI is InChI=1S/C30H37N5O4.C25H29N5O2.C20H21BrN4O2.C16H28BNO4.2C2HF3O2/c1-20-28-25-9-8-22(21-10-13-34(14-11-21)29(37)39-30(2,3)4)18-26(25)27(12-15-35(28)33-32-20)31-23-6-5-7-24(19-23)38-17-16-36;1-17-25-22-6-5-19(18-7-10-26-11-8-18)15-23(22)24(9-12-30(25)29-28-17)27-20-3-2-4-21(16-20)32-14-13-31;1-13-20-17-6-5-14(21)11-18(17)19(7-8-25(20)24-23-13)22-15-3-2-4-16(12-15)27-10-9-26;1-14(2,3)20-13(19)18-10-8-12(9-11-18)17-21-15(4,5)16(6,7)22-17;2*3-2(4,5)1(6)7/h5-10,18-19,27,31,36H,11-17H2,1-4H3;2-7,15-16,24,26-27,31H,8-14H2,1H3;2-6,11-12,19,22,26H,7-10H2,1H3;8H,9-11H2,1-7H3;2*(H,6,7). The van der Waals surface area contributed by atoms with Crippen molar-refractivity contribution in [2.45, 2.75) is 201 Å². The van der Waals surface area contributed by atoms with E-state index in [0.717, 1.165) is 161 Å². The van der Waals surface area contributed by atoms with Crippen LogP contribution < -0.4 is 35.5 Å². The maximum atomic E-state index is 12.5. The summed E-state index contributed by atoms with van der Waals surface area (Å²) >= 11 is 3.61. The van der Waals surface area contributed by atoms with Crippen molar-refractivity contribution < 1.29 is 104 Å². The number of hydrogen-bond acceptors (Lipinski definition) is 24. The lowest BCUT2D eigenvalue weighted by atomic mass is 9.75. The summed E-state index contributed by atoms with van der Waals surface area (Å²) in [6.07, 6.45) is 0.915. The molecule has 6 aromatic carbocycles. The van der Waals surface area contributed by atoms with E-state index in [1.807, 2.05) is 177 Å². The first-order valence-electron chi connectivity index (χ1n) is 44.2. The van der Waals surface area contributed by atoms with Gasteiger partial charge >= 0.3 is 43.6 Å². The Balaban J connectivity index is 0.000000166. The van der Waals surface area contributed by atoms with Crippen LogP contribution in [0.4, 0.5) is 53.0 Å². The second kappa shape index (κ2) is 45.0. The van der Waals surface area contributed by atoms with E-state index in [1.54, 1.807) is 9.80 Å². The predicted octanol–water partition coefficient (Wildman–Crippen LogP) is 17.2. The predicted molar refractivity (Wildman–Crippen MR) is 498 cm³/mol. The number of hydrogen-bond donors (Lipinski definition) is 9. The molecule has 39 heteroatoms.